The molecule has 0 aliphatic heterocycles. The number of amides is 2. The smallest absolute Gasteiger partial charge is 0.255 e. The molecule has 136 valence electrons. The van der Waals surface area contributed by atoms with Crippen molar-refractivity contribution in [2.45, 2.75) is 26.3 Å². The Bertz CT molecular complexity index is 750. The zero-order chi connectivity index (χ0) is 18.9. The molecule has 0 bridgehead atoms. The summed E-state index contributed by atoms with van der Waals surface area (Å²) in [6, 6.07) is 14.3. The Morgan fingerprint density at radius 3 is 2.31 bits per heavy atom. The molecule has 0 atom stereocenters. The number of benzene rings is 2. The predicted molar refractivity (Wildman–Crippen MR) is 104 cm³/mol. The Labute approximate surface area is 154 Å². The molecule has 2 aromatic rings. The summed E-state index contributed by atoms with van der Waals surface area (Å²) in [4.78, 5) is 24.1. The highest BCUT2D eigenvalue weighted by atomic mass is 16.5. The Morgan fingerprint density at radius 2 is 1.73 bits per heavy atom. The van der Waals surface area contributed by atoms with Gasteiger partial charge in [0.2, 0.25) is 5.91 Å². The maximum absolute atomic E-state index is 12.3. The van der Waals surface area contributed by atoms with E-state index in [9.17, 15) is 9.59 Å². The van der Waals surface area contributed by atoms with Gasteiger partial charge in [0.15, 0.2) is 0 Å². The Hall–Kier alpha value is -3.08. The molecule has 2 rings (SSSR count). The second kappa shape index (κ2) is 9.42. The lowest BCUT2D eigenvalue weighted by Crippen LogP contribution is -2.31. The highest BCUT2D eigenvalue weighted by molar-refractivity contribution is 6.04. The molecule has 0 unspecified atom stereocenters. The van der Waals surface area contributed by atoms with E-state index in [1.807, 2.05) is 26.0 Å². The minimum absolute atomic E-state index is 0.0180. The maximum Gasteiger partial charge on any atom is 0.255 e. The highest BCUT2D eigenvalue weighted by Gasteiger charge is 2.08. The van der Waals surface area contributed by atoms with E-state index >= 15 is 0 Å². The molecular formula is C21H24N2O3. The van der Waals surface area contributed by atoms with Crippen LogP contribution in [0.25, 0.3) is 0 Å². The fraction of sp³-hybridized carbons (Fsp3) is 0.238. The molecule has 2 aromatic carbocycles. The van der Waals surface area contributed by atoms with Crippen LogP contribution in [0.2, 0.25) is 0 Å². The van der Waals surface area contributed by atoms with Crippen LogP contribution < -0.4 is 15.4 Å². The number of hydrogen-bond donors (Lipinski definition) is 2. The molecule has 0 heterocycles. The molecule has 0 aliphatic carbocycles. The van der Waals surface area contributed by atoms with E-state index in [1.54, 1.807) is 42.5 Å². The maximum atomic E-state index is 12.3. The van der Waals surface area contributed by atoms with E-state index in [2.05, 4.69) is 17.2 Å². The van der Waals surface area contributed by atoms with Crippen molar-refractivity contribution in [1.29, 1.82) is 0 Å². The van der Waals surface area contributed by atoms with Crippen molar-refractivity contribution in [3.8, 4) is 5.75 Å². The van der Waals surface area contributed by atoms with E-state index in [0.717, 1.165) is 5.56 Å². The van der Waals surface area contributed by atoms with Crippen molar-refractivity contribution in [1.82, 2.24) is 5.32 Å². The molecule has 0 aliphatic rings. The minimum atomic E-state index is -0.203. The Morgan fingerprint density at radius 1 is 1.08 bits per heavy atom. The van der Waals surface area contributed by atoms with E-state index in [-0.39, 0.29) is 17.9 Å². The average Bonchev–Trinajstić information content (AvgIpc) is 2.61. The van der Waals surface area contributed by atoms with E-state index in [1.165, 1.54) is 0 Å². The zero-order valence-electron chi connectivity index (χ0n) is 15.1. The normalized spacial score (nSPS) is 10.3. The van der Waals surface area contributed by atoms with Crippen LogP contribution in [0.4, 0.5) is 5.69 Å². The van der Waals surface area contributed by atoms with Gasteiger partial charge in [-0.25, -0.2) is 0 Å². The van der Waals surface area contributed by atoms with Gasteiger partial charge in [-0.3, -0.25) is 9.59 Å². The van der Waals surface area contributed by atoms with Crippen molar-refractivity contribution in [2.75, 3.05) is 11.9 Å². The first-order valence-electron chi connectivity index (χ1n) is 8.51. The number of rotatable bonds is 8. The molecule has 5 heteroatoms. The molecule has 2 N–H and O–H groups in total. The van der Waals surface area contributed by atoms with Gasteiger partial charge in [0, 0.05) is 17.3 Å². The van der Waals surface area contributed by atoms with E-state index in [4.69, 9.17) is 4.74 Å². The van der Waals surface area contributed by atoms with Crippen LogP contribution in [-0.2, 0) is 11.2 Å². The van der Waals surface area contributed by atoms with Gasteiger partial charge in [-0.1, -0.05) is 24.8 Å². The van der Waals surface area contributed by atoms with E-state index in [0.29, 0.717) is 30.0 Å². The predicted octanol–water partition coefficient (Wildman–Crippen LogP) is 3.57. The standard InChI is InChI=1S/C21H24N2O3/c1-4-13-26-19-11-7-17(8-12-19)21(25)23-18-9-5-16(6-10-18)14-20(24)22-15(2)3/h4-12,15H,1,13-14H2,2-3H3,(H,22,24)(H,23,25). The largest absolute Gasteiger partial charge is 0.490 e. The van der Waals surface area contributed by atoms with Gasteiger partial charge in [-0.15, -0.1) is 0 Å². The van der Waals surface area contributed by atoms with Crippen molar-refractivity contribution in [3.63, 3.8) is 0 Å². The average molecular weight is 352 g/mol. The highest BCUT2D eigenvalue weighted by Crippen LogP contribution is 2.15. The summed E-state index contributed by atoms with van der Waals surface area (Å²) < 4.78 is 5.39. The third-order valence-electron chi connectivity index (χ3n) is 3.51. The molecule has 0 fully saturated rings. The van der Waals surface area contributed by atoms with Crippen molar-refractivity contribution in [2.24, 2.45) is 0 Å². The first-order valence-corrected chi connectivity index (χ1v) is 8.51. The van der Waals surface area contributed by atoms with Gasteiger partial charge in [-0.2, -0.15) is 0 Å². The van der Waals surface area contributed by atoms with Crippen LogP contribution in [0, 0.1) is 0 Å². The third-order valence-corrected chi connectivity index (χ3v) is 3.51. The van der Waals surface area contributed by atoms with Gasteiger partial charge < -0.3 is 15.4 Å². The summed E-state index contributed by atoms with van der Waals surface area (Å²) in [7, 11) is 0. The van der Waals surface area contributed by atoms with Gasteiger partial charge in [0.05, 0.1) is 6.42 Å². The van der Waals surface area contributed by atoms with Gasteiger partial charge >= 0.3 is 0 Å². The lowest BCUT2D eigenvalue weighted by Gasteiger charge is -2.09. The number of nitrogens with one attached hydrogen (secondary N) is 2. The van der Waals surface area contributed by atoms with Gasteiger partial charge in [0.1, 0.15) is 12.4 Å². The SMILES string of the molecule is C=CCOc1ccc(C(=O)Nc2ccc(CC(=O)NC(C)C)cc2)cc1. The molecule has 0 saturated carbocycles. The summed E-state index contributed by atoms with van der Waals surface area (Å²) in [5.41, 5.74) is 2.11. The molecule has 0 radical (unpaired) electrons. The van der Waals surface area contributed by atoms with Gasteiger partial charge in [-0.05, 0) is 55.8 Å². The van der Waals surface area contributed by atoms with Crippen LogP contribution >= 0.6 is 0 Å². The van der Waals surface area contributed by atoms with Crippen LogP contribution in [0.3, 0.4) is 0 Å². The number of carbonyl (C=O) groups excluding carboxylic acids is 2. The molecular weight excluding hydrogens is 328 g/mol. The summed E-state index contributed by atoms with van der Waals surface area (Å²) in [6.45, 7) is 7.87. The quantitative estimate of drug-likeness (QED) is 0.714. The summed E-state index contributed by atoms with van der Waals surface area (Å²) in [6.07, 6.45) is 1.98. The van der Waals surface area contributed by atoms with E-state index < -0.39 is 0 Å². The van der Waals surface area contributed by atoms with Crippen molar-refractivity contribution in [3.05, 3.63) is 72.3 Å². The molecule has 26 heavy (non-hydrogen) atoms. The van der Waals surface area contributed by atoms with Gasteiger partial charge in [0.25, 0.3) is 5.91 Å². The van der Waals surface area contributed by atoms with Crippen LogP contribution in [-0.4, -0.2) is 24.5 Å². The fourth-order valence-corrected chi connectivity index (χ4v) is 2.33. The Kier molecular flexibility index (Phi) is 6.97. The van der Waals surface area contributed by atoms with Crippen LogP contribution in [0.15, 0.2) is 61.2 Å². The number of hydrogen-bond acceptors (Lipinski definition) is 3. The second-order valence-corrected chi connectivity index (χ2v) is 6.17. The molecule has 0 spiro atoms. The molecule has 5 nitrogen and oxygen atoms in total. The molecule has 2 amide bonds. The minimum Gasteiger partial charge on any atom is -0.490 e. The molecule has 0 aromatic heterocycles. The second-order valence-electron chi connectivity index (χ2n) is 6.17. The Balaban J connectivity index is 1.92. The first kappa shape index (κ1) is 19.2. The topological polar surface area (TPSA) is 67.4 Å². The summed E-state index contributed by atoms with van der Waals surface area (Å²) in [5, 5.41) is 5.69. The third kappa shape index (κ3) is 6.09. The monoisotopic (exact) mass is 352 g/mol. The molecule has 0 saturated heterocycles. The van der Waals surface area contributed by atoms with Crippen molar-refractivity contribution < 1.29 is 14.3 Å². The fourth-order valence-electron chi connectivity index (χ4n) is 2.33. The summed E-state index contributed by atoms with van der Waals surface area (Å²) in [5.74, 6) is 0.464. The number of carbonyl (C=O) groups is 2. The van der Waals surface area contributed by atoms with Crippen LogP contribution in [0.1, 0.15) is 29.8 Å². The zero-order valence-corrected chi connectivity index (χ0v) is 15.1. The van der Waals surface area contributed by atoms with Crippen molar-refractivity contribution >= 4 is 17.5 Å². The number of ether oxygens (including phenoxy) is 1. The lowest BCUT2D eigenvalue weighted by molar-refractivity contribution is -0.120. The number of anilines is 1. The first-order chi connectivity index (χ1) is 12.5. The lowest BCUT2D eigenvalue weighted by atomic mass is 10.1. The summed E-state index contributed by atoms with van der Waals surface area (Å²) >= 11 is 0. The van der Waals surface area contributed by atoms with Crippen LogP contribution in [0.5, 0.6) is 5.75 Å².